The summed E-state index contributed by atoms with van der Waals surface area (Å²) in [4.78, 5) is 31.4. The van der Waals surface area contributed by atoms with Crippen LogP contribution in [0.1, 0.15) is 25.2 Å². The average Bonchev–Trinajstić information content (AvgIpc) is 3.22. The number of carbonyl (C=O) groups is 1. The molecule has 9 heteroatoms. The first kappa shape index (κ1) is 25.0. The molecule has 1 aromatic carbocycles. The molecule has 1 saturated heterocycles. The third-order valence-electron chi connectivity index (χ3n) is 5.76. The Hall–Kier alpha value is -3.14. The molecule has 3 aromatic rings. The molecule has 2 N–H and O–H groups in total. The second-order valence-corrected chi connectivity index (χ2v) is 10.5. The Morgan fingerprint density at radius 2 is 1.80 bits per heavy atom. The number of rotatable bonds is 6. The maximum absolute atomic E-state index is 13.0. The Morgan fingerprint density at radius 1 is 1.11 bits per heavy atom. The van der Waals surface area contributed by atoms with Gasteiger partial charge >= 0.3 is 6.03 Å². The molecule has 0 atom stereocenters. The number of urea groups is 1. The summed E-state index contributed by atoms with van der Waals surface area (Å²) in [6, 6.07) is 11.7. The Labute approximate surface area is 210 Å². The van der Waals surface area contributed by atoms with E-state index in [0.717, 1.165) is 51.9 Å². The number of carbonyl (C=O) groups excluding carboxylic acids is 1. The van der Waals surface area contributed by atoms with E-state index in [1.807, 2.05) is 50.2 Å². The van der Waals surface area contributed by atoms with Gasteiger partial charge in [0.1, 0.15) is 0 Å². The van der Waals surface area contributed by atoms with Crippen molar-refractivity contribution in [1.29, 1.82) is 0 Å². The van der Waals surface area contributed by atoms with Gasteiger partial charge < -0.3 is 10.0 Å². The third-order valence-corrected chi connectivity index (χ3v) is 6.78. The molecule has 1 aliphatic rings. The molecule has 0 unspecified atom stereocenters. The van der Waals surface area contributed by atoms with E-state index in [4.69, 9.17) is 4.98 Å². The fraction of sp³-hybridized carbons (Fsp3) is 0.385. The van der Waals surface area contributed by atoms with Gasteiger partial charge in [-0.1, -0.05) is 23.5 Å². The molecule has 0 bridgehead atoms. The zero-order valence-corrected chi connectivity index (χ0v) is 21.5. The van der Waals surface area contributed by atoms with E-state index in [0.29, 0.717) is 24.8 Å². The number of nitrogens with zero attached hydrogens (tertiary/aromatic N) is 5. The Kier molecular flexibility index (Phi) is 7.30. The summed E-state index contributed by atoms with van der Waals surface area (Å²) in [7, 11) is 0. The van der Waals surface area contributed by atoms with Crippen LogP contribution in [0.25, 0.3) is 21.7 Å². The molecule has 2 amide bonds. The van der Waals surface area contributed by atoms with Crippen molar-refractivity contribution in [2.24, 2.45) is 4.99 Å². The van der Waals surface area contributed by atoms with Crippen LogP contribution in [-0.2, 0) is 0 Å². The van der Waals surface area contributed by atoms with Crippen molar-refractivity contribution in [3.63, 3.8) is 0 Å². The van der Waals surface area contributed by atoms with Crippen LogP contribution in [0.5, 0.6) is 0 Å². The standard InChI is InChI=1S/C26H32N6O2S/c1-17-13-20(14-18(2)28-17)23-22(19-7-6-8-21(15-19)27-5)29-24(35-23)30-25(33)32-11-9-31(10-12-32)16-26(3,4)34/h6-8,13-15,34H,5,9-12,16H2,1-4H3,(H,29,30,33). The maximum Gasteiger partial charge on any atom is 0.323 e. The van der Waals surface area contributed by atoms with Crippen molar-refractivity contribution in [2.75, 3.05) is 38.0 Å². The summed E-state index contributed by atoms with van der Waals surface area (Å²) in [6.45, 7) is 14.4. The van der Waals surface area contributed by atoms with Crippen LogP contribution in [0.4, 0.5) is 15.6 Å². The number of aryl methyl sites for hydroxylation is 2. The number of nitrogens with one attached hydrogen (secondary N) is 1. The van der Waals surface area contributed by atoms with E-state index in [1.165, 1.54) is 11.3 Å². The molecule has 0 aliphatic carbocycles. The number of hydrogen-bond acceptors (Lipinski definition) is 7. The molecule has 8 nitrogen and oxygen atoms in total. The SMILES string of the molecule is C=Nc1cccc(-c2nc(NC(=O)N3CCN(CC(C)(C)O)CC3)sc2-c2cc(C)nc(C)c2)c1. The predicted octanol–water partition coefficient (Wildman–Crippen LogP) is 4.74. The van der Waals surface area contributed by atoms with E-state index >= 15 is 0 Å². The van der Waals surface area contributed by atoms with E-state index in [2.05, 4.69) is 26.9 Å². The number of pyridine rings is 1. The number of anilines is 1. The highest BCUT2D eigenvalue weighted by molar-refractivity contribution is 7.19. The van der Waals surface area contributed by atoms with Gasteiger partial charge in [-0.25, -0.2) is 9.78 Å². The summed E-state index contributed by atoms with van der Waals surface area (Å²) in [5.74, 6) is 0. The maximum atomic E-state index is 13.0. The Balaban J connectivity index is 1.58. The van der Waals surface area contributed by atoms with E-state index < -0.39 is 5.60 Å². The number of aromatic nitrogens is 2. The van der Waals surface area contributed by atoms with Crippen molar-refractivity contribution in [1.82, 2.24) is 19.8 Å². The first-order valence-corrected chi connectivity index (χ1v) is 12.5. The van der Waals surface area contributed by atoms with Gasteiger partial charge in [-0.3, -0.25) is 20.2 Å². The molecule has 0 spiro atoms. The second kappa shape index (κ2) is 10.2. The van der Waals surface area contributed by atoms with Crippen molar-refractivity contribution < 1.29 is 9.90 Å². The average molecular weight is 493 g/mol. The van der Waals surface area contributed by atoms with Crippen LogP contribution in [0.15, 0.2) is 41.4 Å². The number of amides is 2. The zero-order chi connectivity index (χ0) is 25.2. The monoisotopic (exact) mass is 492 g/mol. The molecule has 1 fully saturated rings. The van der Waals surface area contributed by atoms with Crippen LogP contribution in [-0.4, -0.2) is 75.9 Å². The normalized spacial score (nSPS) is 14.7. The number of aliphatic hydroxyl groups is 1. The predicted molar refractivity (Wildman–Crippen MR) is 143 cm³/mol. The van der Waals surface area contributed by atoms with Crippen molar-refractivity contribution in [2.45, 2.75) is 33.3 Å². The number of hydrogen-bond donors (Lipinski definition) is 2. The van der Waals surface area contributed by atoms with E-state index in [9.17, 15) is 9.90 Å². The summed E-state index contributed by atoms with van der Waals surface area (Å²) < 4.78 is 0. The van der Waals surface area contributed by atoms with Crippen molar-refractivity contribution in [3.05, 3.63) is 47.8 Å². The molecule has 35 heavy (non-hydrogen) atoms. The van der Waals surface area contributed by atoms with Gasteiger partial charge in [-0.05, 0) is 64.2 Å². The van der Waals surface area contributed by atoms with Crippen LogP contribution in [0.3, 0.4) is 0 Å². The highest BCUT2D eigenvalue weighted by Gasteiger charge is 2.26. The molecule has 0 saturated carbocycles. The van der Waals surface area contributed by atoms with Gasteiger partial charge in [0.05, 0.1) is 21.9 Å². The quantitative estimate of drug-likeness (QED) is 0.485. The Morgan fingerprint density at radius 3 is 2.43 bits per heavy atom. The molecular weight excluding hydrogens is 460 g/mol. The second-order valence-electron chi connectivity index (χ2n) is 9.55. The van der Waals surface area contributed by atoms with Gasteiger partial charge in [0.15, 0.2) is 5.13 Å². The largest absolute Gasteiger partial charge is 0.389 e. The highest BCUT2D eigenvalue weighted by Crippen LogP contribution is 2.40. The summed E-state index contributed by atoms with van der Waals surface area (Å²) >= 11 is 1.45. The van der Waals surface area contributed by atoms with Gasteiger partial charge in [-0.15, -0.1) is 0 Å². The minimum Gasteiger partial charge on any atom is -0.389 e. The molecule has 3 heterocycles. The minimum absolute atomic E-state index is 0.164. The Bertz CT molecular complexity index is 1200. The van der Waals surface area contributed by atoms with Gasteiger partial charge in [0.25, 0.3) is 0 Å². The highest BCUT2D eigenvalue weighted by atomic mass is 32.1. The topological polar surface area (TPSA) is 94.0 Å². The number of piperazine rings is 1. The van der Waals surface area contributed by atoms with Gasteiger partial charge in [0.2, 0.25) is 0 Å². The molecule has 0 radical (unpaired) electrons. The van der Waals surface area contributed by atoms with Crippen LogP contribution >= 0.6 is 11.3 Å². The molecule has 4 rings (SSSR count). The lowest BCUT2D eigenvalue weighted by molar-refractivity contribution is 0.0231. The zero-order valence-electron chi connectivity index (χ0n) is 20.7. The number of aliphatic imine (C=N–C) groups is 1. The molecule has 2 aromatic heterocycles. The smallest absolute Gasteiger partial charge is 0.323 e. The van der Waals surface area contributed by atoms with E-state index in [1.54, 1.807) is 18.7 Å². The number of thiazole rings is 1. The summed E-state index contributed by atoms with van der Waals surface area (Å²) in [6.07, 6.45) is 0. The van der Waals surface area contributed by atoms with Crippen LogP contribution in [0, 0.1) is 13.8 Å². The van der Waals surface area contributed by atoms with Crippen molar-refractivity contribution in [3.8, 4) is 21.7 Å². The minimum atomic E-state index is -0.750. The molecular formula is C26H32N6O2S. The van der Waals surface area contributed by atoms with Crippen molar-refractivity contribution >= 4 is 34.9 Å². The fourth-order valence-electron chi connectivity index (χ4n) is 4.31. The van der Waals surface area contributed by atoms with Crippen LogP contribution < -0.4 is 5.32 Å². The lowest BCUT2D eigenvalue weighted by Crippen LogP contribution is -2.52. The van der Waals surface area contributed by atoms with Crippen LogP contribution in [0.2, 0.25) is 0 Å². The number of benzene rings is 1. The molecule has 184 valence electrons. The first-order chi connectivity index (χ1) is 16.6. The van der Waals surface area contributed by atoms with Gasteiger partial charge in [-0.2, -0.15) is 0 Å². The lowest BCUT2D eigenvalue weighted by Gasteiger charge is -2.37. The van der Waals surface area contributed by atoms with E-state index in [-0.39, 0.29) is 6.03 Å². The van der Waals surface area contributed by atoms with Gasteiger partial charge in [0, 0.05) is 49.7 Å². The third kappa shape index (κ3) is 6.30. The number of β-amino-alcohol motifs (C(OH)–C–C–N with tert-alkyl or cyclic N) is 1. The summed E-state index contributed by atoms with van der Waals surface area (Å²) in [5.41, 5.74) is 4.58. The first-order valence-electron chi connectivity index (χ1n) is 11.7. The lowest BCUT2D eigenvalue weighted by atomic mass is 10.1. The fourth-order valence-corrected chi connectivity index (χ4v) is 5.27. The molecule has 1 aliphatic heterocycles. The summed E-state index contributed by atoms with van der Waals surface area (Å²) in [5, 5.41) is 13.6.